The molecule has 186 valence electrons. The number of aryl methyl sites for hydroxylation is 1. The Morgan fingerprint density at radius 1 is 1.03 bits per heavy atom. The molecule has 1 aliphatic rings. The molecule has 1 aliphatic heterocycles. The first-order valence-corrected chi connectivity index (χ1v) is 11.0. The molecule has 0 bridgehead atoms. The van der Waals surface area contributed by atoms with Gasteiger partial charge in [-0.25, -0.2) is 9.31 Å². The Morgan fingerprint density at radius 3 is 2.21 bits per heavy atom. The molecule has 1 N–H and O–H groups in total. The summed E-state index contributed by atoms with van der Waals surface area (Å²) in [5.74, 6) is 0. The minimum atomic E-state index is -4.62. The number of rotatable bonds is 1. The van der Waals surface area contributed by atoms with Crippen molar-refractivity contribution in [3.8, 4) is 11.3 Å². The second-order valence-corrected chi connectivity index (χ2v) is 9.13. The van der Waals surface area contributed by atoms with E-state index in [-0.39, 0.29) is 11.7 Å². The zero-order valence-electron chi connectivity index (χ0n) is 19.6. The summed E-state index contributed by atoms with van der Waals surface area (Å²) >= 11 is 0. The van der Waals surface area contributed by atoms with Gasteiger partial charge in [0, 0.05) is 31.9 Å². The van der Waals surface area contributed by atoms with Crippen molar-refractivity contribution in [2.45, 2.75) is 58.2 Å². The van der Waals surface area contributed by atoms with Crippen molar-refractivity contribution in [2.75, 3.05) is 13.1 Å². The lowest BCUT2D eigenvalue weighted by atomic mass is 10.2. The zero-order valence-corrected chi connectivity index (χ0v) is 19.6. The van der Waals surface area contributed by atoms with E-state index in [9.17, 15) is 22.8 Å². The number of hydrogen-bond acceptors (Lipinski definition) is 5. The second-order valence-electron chi connectivity index (χ2n) is 9.13. The lowest BCUT2D eigenvalue weighted by Gasteiger charge is -2.26. The van der Waals surface area contributed by atoms with Crippen LogP contribution in [0.2, 0.25) is 0 Å². The third kappa shape index (κ3) is 6.39. The highest BCUT2D eigenvalue weighted by Crippen LogP contribution is 2.31. The van der Waals surface area contributed by atoms with Gasteiger partial charge in [-0.1, -0.05) is 12.8 Å². The Hall–Kier alpha value is -3.31. The average molecular weight is 483 g/mol. The number of carbonyl (C=O) groups excluding carboxylic acids is 1. The van der Waals surface area contributed by atoms with Crippen LogP contribution in [0, 0.1) is 0 Å². The van der Waals surface area contributed by atoms with Gasteiger partial charge in [0.05, 0.1) is 24.3 Å². The van der Waals surface area contributed by atoms with Crippen molar-refractivity contribution in [3.05, 3.63) is 40.7 Å². The van der Waals surface area contributed by atoms with E-state index in [4.69, 9.17) is 4.74 Å². The zero-order chi connectivity index (χ0) is 25.1. The normalized spacial score (nSPS) is 15.0. The molecule has 0 spiro atoms. The lowest BCUT2D eigenvalue weighted by molar-refractivity contribution is -0.136. The number of carbonyl (C=O) groups is 1. The molecule has 4 heterocycles. The molecule has 3 aromatic heterocycles. The van der Waals surface area contributed by atoms with Gasteiger partial charge in [0.1, 0.15) is 16.7 Å². The van der Waals surface area contributed by atoms with Crippen LogP contribution in [0.25, 0.3) is 16.8 Å². The first kappa shape index (κ1) is 25.3. The number of aromatic amines is 1. The highest BCUT2D eigenvalue weighted by atomic mass is 19.4. The highest BCUT2D eigenvalue weighted by molar-refractivity contribution is 5.68. The fraction of sp³-hybridized carbons (Fsp3) is 0.545. The summed E-state index contributed by atoms with van der Waals surface area (Å²) < 4.78 is 46.0. The molecule has 34 heavy (non-hydrogen) atoms. The van der Waals surface area contributed by atoms with Crippen LogP contribution in [-0.2, 0) is 18.0 Å². The molecule has 1 saturated heterocycles. The van der Waals surface area contributed by atoms with Crippen molar-refractivity contribution in [3.63, 3.8) is 0 Å². The summed E-state index contributed by atoms with van der Waals surface area (Å²) in [6.07, 6.45) is 5.00. The van der Waals surface area contributed by atoms with Crippen LogP contribution in [0.5, 0.6) is 0 Å². The van der Waals surface area contributed by atoms with Gasteiger partial charge in [-0.15, -0.1) is 0 Å². The van der Waals surface area contributed by atoms with Gasteiger partial charge in [0.25, 0.3) is 5.56 Å². The number of alkyl halides is 3. The average Bonchev–Trinajstić information content (AvgIpc) is 3.25. The van der Waals surface area contributed by atoms with Gasteiger partial charge in [-0.05, 0) is 33.6 Å². The molecule has 9 nitrogen and oxygen atoms in total. The number of hydrogen-bond donors (Lipinski definition) is 1. The smallest absolute Gasteiger partial charge is 0.420 e. The SMILES string of the molecule is CC(C)(C)OC(=O)N1CCCCCC1.Cn1cc(-c2cn3ncc(C(F)(F)F)c3c(=O)[nH]2)cn1. The number of nitrogens with zero attached hydrogens (tertiary/aromatic N) is 5. The van der Waals surface area contributed by atoms with E-state index in [1.807, 2.05) is 25.7 Å². The molecule has 0 aliphatic carbocycles. The number of ether oxygens (including phenoxy) is 1. The van der Waals surface area contributed by atoms with E-state index < -0.39 is 22.8 Å². The van der Waals surface area contributed by atoms with Crippen LogP contribution in [0.15, 0.2) is 29.6 Å². The van der Waals surface area contributed by atoms with Crippen molar-refractivity contribution < 1.29 is 22.7 Å². The Bertz CT molecular complexity index is 1180. The molecule has 4 rings (SSSR count). The summed E-state index contributed by atoms with van der Waals surface area (Å²) in [5, 5.41) is 7.52. The Balaban J connectivity index is 0.000000204. The minimum absolute atomic E-state index is 0.153. The number of aromatic nitrogens is 5. The maximum Gasteiger partial charge on any atom is 0.420 e. The molecule has 12 heteroatoms. The molecule has 0 atom stereocenters. The maximum atomic E-state index is 12.7. The standard InChI is InChI=1S/C11H8F3N5O.C11H21NO2/c1-18-4-6(2-15-18)8-5-19-9(10(20)17-8)7(3-16-19)11(12,13)14;1-11(2,3)14-10(13)12-8-6-4-5-7-9-12/h2-5H,1H3,(H,17,20);4-9H2,1-3H3. The summed E-state index contributed by atoms with van der Waals surface area (Å²) in [6, 6.07) is 0. The van der Waals surface area contributed by atoms with Crippen molar-refractivity contribution in [2.24, 2.45) is 7.05 Å². The number of amides is 1. The Morgan fingerprint density at radius 2 is 1.68 bits per heavy atom. The number of fused-ring (bicyclic) bond motifs is 1. The van der Waals surface area contributed by atoms with Crippen molar-refractivity contribution in [1.82, 2.24) is 29.3 Å². The predicted octanol–water partition coefficient (Wildman–Crippen LogP) is 4.24. The summed E-state index contributed by atoms with van der Waals surface area (Å²) in [6.45, 7) is 7.43. The molecular formula is C22H29F3N6O3. The summed E-state index contributed by atoms with van der Waals surface area (Å²) in [4.78, 5) is 27.8. The van der Waals surface area contributed by atoms with E-state index >= 15 is 0 Å². The Kier molecular flexibility index (Phi) is 7.37. The van der Waals surface area contributed by atoms with Gasteiger partial charge in [0.15, 0.2) is 0 Å². The second kappa shape index (κ2) is 9.90. The molecule has 1 amide bonds. The van der Waals surface area contributed by atoms with E-state index in [1.165, 1.54) is 29.9 Å². The largest absolute Gasteiger partial charge is 0.444 e. The summed E-state index contributed by atoms with van der Waals surface area (Å²) in [5.41, 5.74) is -1.88. The van der Waals surface area contributed by atoms with E-state index in [0.717, 1.165) is 30.4 Å². The first-order valence-electron chi connectivity index (χ1n) is 11.0. The third-order valence-electron chi connectivity index (χ3n) is 5.09. The van der Waals surface area contributed by atoms with E-state index in [0.29, 0.717) is 17.5 Å². The quantitative estimate of drug-likeness (QED) is 0.560. The van der Waals surface area contributed by atoms with E-state index in [1.54, 1.807) is 13.2 Å². The van der Waals surface area contributed by atoms with E-state index in [2.05, 4.69) is 15.2 Å². The molecule has 0 saturated carbocycles. The van der Waals surface area contributed by atoms with Crippen molar-refractivity contribution >= 4 is 11.6 Å². The van der Waals surface area contributed by atoms with Crippen LogP contribution in [-0.4, -0.2) is 54.1 Å². The van der Waals surface area contributed by atoms with Crippen LogP contribution >= 0.6 is 0 Å². The first-order chi connectivity index (χ1) is 15.8. The topological polar surface area (TPSA) is 97.5 Å². The molecular weight excluding hydrogens is 453 g/mol. The summed E-state index contributed by atoms with van der Waals surface area (Å²) in [7, 11) is 1.69. The lowest BCUT2D eigenvalue weighted by Crippen LogP contribution is -2.37. The highest BCUT2D eigenvalue weighted by Gasteiger charge is 2.35. The Labute approximate surface area is 194 Å². The number of nitrogens with one attached hydrogen (secondary N) is 1. The van der Waals surface area contributed by atoms with Gasteiger partial charge >= 0.3 is 12.3 Å². The van der Waals surface area contributed by atoms with Gasteiger partial charge in [0.2, 0.25) is 0 Å². The van der Waals surface area contributed by atoms with Crippen LogP contribution in [0.1, 0.15) is 52.0 Å². The number of H-pyrrole nitrogens is 1. The molecule has 0 aromatic carbocycles. The molecule has 3 aromatic rings. The third-order valence-corrected chi connectivity index (χ3v) is 5.09. The fourth-order valence-corrected chi connectivity index (χ4v) is 3.52. The molecule has 1 fully saturated rings. The van der Waals surface area contributed by atoms with Crippen molar-refractivity contribution in [1.29, 1.82) is 0 Å². The fourth-order valence-electron chi connectivity index (χ4n) is 3.52. The van der Waals surface area contributed by atoms with Gasteiger partial charge < -0.3 is 14.6 Å². The van der Waals surface area contributed by atoms with Gasteiger partial charge in [-0.2, -0.15) is 23.4 Å². The number of halogens is 3. The number of likely N-dealkylation sites (tertiary alicyclic amines) is 1. The van der Waals surface area contributed by atoms with Crippen LogP contribution in [0.3, 0.4) is 0 Å². The van der Waals surface area contributed by atoms with Crippen LogP contribution in [0.4, 0.5) is 18.0 Å². The monoisotopic (exact) mass is 482 g/mol. The molecule has 0 unspecified atom stereocenters. The minimum Gasteiger partial charge on any atom is -0.444 e. The molecule has 0 radical (unpaired) electrons. The van der Waals surface area contributed by atoms with Crippen LogP contribution < -0.4 is 5.56 Å². The van der Waals surface area contributed by atoms with Gasteiger partial charge in [-0.3, -0.25) is 9.48 Å². The predicted molar refractivity (Wildman–Crippen MR) is 119 cm³/mol. The maximum absolute atomic E-state index is 12.7.